The number of ketones is 1. The van der Waals surface area contributed by atoms with Crippen LogP contribution in [0, 0.1) is 0 Å². The van der Waals surface area contributed by atoms with Crippen LogP contribution in [0.1, 0.15) is 40.0 Å². The molecule has 0 fully saturated rings. The molecule has 0 bridgehead atoms. The number of carbonyl (C=O) groups excluding carboxylic acids is 1. The highest BCUT2D eigenvalue weighted by Crippen LogP contribution is 2.00. The maximum absolute atomic E-state index is 11.2. The summed E-state index contributed by atoms with van der Waals surface area (Å²) in [6.45, 7) is 5.75. The number of hydrogen-bond donors (Lipinski definition) is 0. The monoisotopic (exact) mass is 190 g/mol. The van der Waals surface area contributed by atoms with Gasteiger partial charge in [-0.05, 0) is 6.42 Å². The third-order valence-electron chi connectivity index (χ3n) is 1.72. The van der Waals surface area contributed by atoms with E-state index in [2.05, 4.69) is 0 Å². The number of rotatable bonds is 6. The van der Waals surface area contributed by atoms with Crippen molar-refractivity contribution in [3.63, 3.8) is 0 Å². The van der Waals surface area contributed by atoms with Crippen LogP contribution in [-0.2, 0) is 15.6 Å². The van der Waals surface area contributed by atoms with Crippen molar-refractivity contribution in [1.29, 1.82) is 0 Å². The van der Waals surface area contributed by atoms with E-state index in [1.165, 1.54) is 0 Å². The van der Waals surface area contributed by atoms with Gasteiger partial charge in [0.25, 0.3) is 0 Å². The van der Waals surface area contributed by atoms with Crippen molar-refractivity contribution in [2.75, 3.05) is 5.75 Å². The summed E-state index contributed by atoms with van der Waals surface area (Å²) in [4.78, 5) is 10.9. The predicted molar refractivity (Wildman–Crippen MR) is 52.7 cm³/mol. The SMILES string of the molecule is CCC(=O)CCCS(=O)C(C)C. The molecule has 0 aliphatic heterocycles. The van der Waals surface area contributed by atoms with Gasteiger partial charge in [-0.15, -0.1) is 0 Å². The molecule has 0 amide bonds. The predicted octanol–water partition coefficient (Wildman–Crippen LogP) is 1.90. The first-order chi connectivity index (χ1) is 5.57. The molecule has 0 aliphatic carbocycles. The molecule has 0 saturated carbocycles. The van der Waals surface area contributed by atoms with Gasteiger partial charge in [0, 0.05) is 34.6 Å². The Labute approximate surface area is 77.2 Å². The molecular weight excluding hydrogens is 172 g/mol. The smallest absolute Gasteiger partial charge is 0.132 e. The van der Waals surface area contributed by atoms with E-state index in [4.69, 9.17) is 0 Å². The fraction of sp³-hybridized carbons (Fsp3) is 0.889. The number of hydrogen-bond acceptors (Lipinski definition) is 2. The van der Waals surface area contributed by atoms with Crippen molar-refractivity contribution in [3.8, 4) is 0 Å². The molecule has 0 aliphatic rings. The number of carbonyl (C=O) groups is 1. The quantitative estimate of drug-likeness (QED) is 0.641. The second-order valence-corrected chi connectivity index (χ2v) is 5.24. The van der Waals surface area contributed by atoms with Gasteiger partial charge in [0.2, 0.25) is 0 Å². The highest BCUT2D eigenvalue weighted by atomic mass is 32.2. The third-order valence-corrected chi connectivity index (χ3v) is 3.46. The molecule has 0 aromatic rings. The lowest BCUT2D eigenvalue weighted by Crippen LogP contribution is -2.10. The summed E-state index contributed by atoms with van der Waals surface area (Å²) >= 11 is 0. The minimum atomic E-state index is -0.742. The van der Waals surface area contributed by atoms with Crippen LogP contribution in [-0.4, -0.2) is 21.0 Å². The molecule has 1 unspecified atom stereocenters. The minimum absolute atomic E-state index is 0.224. The summed E-state index contributed by atoms with van der Waals surface area (Å²) in [6.07, 6.45) is 1.97. The standard InChI is InChI=1S/C9H18O2S/c1-4-9(10)6-5-7-12(11)8(2)3/h8H,4-7H2,1-3H3. The van der Waals surface area contributed by atoms with Gasteiger partial charge < -0.3 is 0 Å². The van der Waals surface area contributed by atoms with Crippen molar-refractivity contribution in [2.45, 2.75) is 45.3 Å². The molecule has 12 heavy (non-hydrogen) atoms. The van der Waals surface area contributed by atoms with Crippen LogP contribution in [0.4, 0.5) is 0 Å². The lowest BCUT2D eigenvalue weighted by molar-refractivity contribution is -0.118. The molecule has 0 heterocycles. The second kappa shape index (κ2) is 6.35. The average molecular weight is 190 g/mol. The summed E-state index contributed by atoms with van der Waals surface area (Å²) in [5, 5.41) is 0.224. The molecule has 0 aromatic heterocycles. The molecule has 0 radical (unpaired) electrons. The van der Waals surface area contributed by atoms with Gasteiger partial charge in [0.1, 0.15) is 5.78 Å². The van der Waals surface area contributed by atoms with Gasteiger partial charge >= 0.3 is 0 Å². The maximum Gasteiger partial charge on any atom is 0.132 e. The van der Waals surface area contributed by atoms with E-state index < -0.39 is 10.8 Å². The van der Waals surface area contributed by atoms with Crippen LogP contribution < -0.4 is 0 Å². The summed E-state index contributed by atoms with van der Waals surface area (Å²) in [5.74, 6) is 0.944. The summed E-state index contributed by atoms with van der Waals surface area (Å²) in [7, 11) is -0.742. The van der Waals surface area contributed by atoms with Gasteiger partial charge in [-0.1, -0.05) is 20.8 Å². The Hall–Kier alpha value is -0.180. The minimum Gasteiger partial charge on any atom is -0.300 e. The molecule has 0 N–H and O–H groups in total. The van der Waals surface area contributed by atoms with Crippen LogP contribution in [0.3, 0.4) is 0 Å². The van der Waals surface area contributed by atoms with Crippen molar-refractivity contribution in [1.82, 2.24) is 0 Å². The Bertz CT molecular complexity index is 164. The highest BCUT2D eigenvalue weighted by molar-refractivity contribution is 7.85. The average Bonchev–Trinajstić information content (AvgIpc) is 2.03. The molecule has 0 saturated heterocycles. The largest absolute Gasteiger partial charge is 0.300 e. The fourth-order valence-corrected chi connectivity index (χ4v) is 1.72. The molecule has 1 atom stereocenters. The second-order valence-electron chi connectivity index (χ2n) is 3.13. The van der Waals surface area contributed by atoms with E-state index >= 15 is 0 Å². The first-order valence-corrected chi connectivity index (χ1v) is 5.85. The van der Waals surface area contributed by atoms with Gasteiger partial charge in [-0.3, -0.25) is 9.00 Å². The zero-order valence-corrected chi connectivity index (χ0v) is 8.95. The summed E-state index contributed by atoms with van der Waals surface area (Å²) < 4.78 is 11.2. The topological polar surface area (TPSA) is 34.1 Å². The molecule has 72 valence electrons. The van der Waals surface area contributed by atoms with E-state index in [0.717, 1.165) is 6.42 Å². The molecular formula is C9H18O2S. The van der Waals surface area contributed by atoms with Crippen LogP contribution in [0.5, 0.6) is 0 Å². The first-order valence-electron chi connectivity index (χ1n) is 4.46. The molecule has 0 rings (SSSR count). The lowest BCUT2D eigenvalue weighted by Gasteiger charge is -2.03. The maximum atomic E-state index is 11.2. The first kappa shape index (κ1) is 11.8. The Morgan fingerprint density at radius 2 is 2.00 bits per heavy atom. The van der Waals surface area contributed by atoms with Gasteiger partial charge in [-0.25, -0.2) is 0 Å². The molecule has 0 aromatic carbocycles. The van der Waals surface area contributed by atoms with Crippen LogP contribution in [0.2, 0.25) is 0 Å². The number of Topliss-reactive ketones (excluding diaryl/α,β-unsaturated/α-hetero) is 1. The Morgan fingerprint density at radius 1 is 1.42 bits per heavy atom. The Balaban J connectivity index is 3.44. The van der Waals surface area contributed by atoms with Crippen molar-refractivity contribution in [3.05, 3.63) is 0 Å². The Kier molecular flexibility index (Phi) is 6.25. The van der Waals surface area contributed by atoms with E-state index in [-0.39, 0.29) is 11.0 Å². The van der Waals surface area contributed by atoms with Gasteiger partial charge in [0.15, 0.2) is 0 Å². The summed E-state index contributed by atoms with van der Waals surface area (Å²) in [5.41, 5.74) is 0. The van der Waals surface area contributed by atoms with Crippen LogP contribution >= 0.6 is 0 Å². The molecule has 3 heteroatoms. The normalized spacial score (nSPS) is 13.3. The lowest BCUT2D eigenvalue weighted by atomic mass is 10.2. The third kappa shape index (κ3) is 5.47. The molecule has 0 spiro atoms. The van der Waals surface area contributed by atoms with Crippen LogP contribution in [0.15, 0.2) is 0 Å². The van der Waals surface area contributed by atoms with Gasteiger partial charge in [-0.2, -0.15) is 0 Å². The van der Waals surface area contributed by atoms with E-state index in [0.29, 0.717) is 18.6 Å². The van der Waals surface area contributed by atoms with Crippen molar-refractivity contribution >= 4 is 16.6 Å². The zero-order chi connectivity index (χ0) is 9.56. The highest BCUT2D eigenvalue weighted by Gasteiger charge is 2.05. The van der Waals surface area contributed by atoms with Crippen LogP contribution in [0.25, 0.3) is 0 Å². The van der Waals surface area contributed by atoms with E-state index in [9.17, 15) is 9.00 Å². The Morgan fingerprint density at radius 3 is 2.42 bits per heavy atom. The van der Waals surface area contributed by atoms with E-state index in [1.807, 2.05) is 20.8 Å². The fourth-order valence-electron chi connectivity index (χ4n) is 0.824. The van der Waals surface area contributed by atoms with Crippen molar-refractivity contribution in [2.24, 2.45) is 0 Å². The zero-order valence-electron chi connectivity index (χ0n) is 8.13. The molecule has 2 nitrogen and oxygen atoms in total. The van der Waals surface area contributed by atoms with Gasteiger partial charge in [0.05, 0.1) is 0 Å². The van der Waals surface area contributed by atoms with E-state index in [1.54, 1.807) is 0 Å². The van der Waals surface area contributed by atoms with Crippen molar-refractivity contribution < 1.29 is 9.00 Å². The summed E-state index contributed by atoms with van der Waals surface area (Å²) in [6, 6.07) is 0.